The molecule has 178 valence electrons. The van der Waals surface area contributed by atoms with Crippen molar-refractivity contribution in [2.45, 2.75) is 31.8 Å². The highest BCUT2D eigenvalue weighted by Crippen LogP contribution is 2.44. The highest BCUT2D eigenvalue weighted by molar-refractivity contribution is 5.85. The fourth-order valence-electron chi connectivity index (χ4n) is 5.63. The minimum atomic E-state index is -0.267. The second kappa shape index (κ2) is 8.61. The van der Waals surface area contributed by atoms with Crippen LogP contribution in [0.15, 0.2) is 60.0 Å². The molecular formula is C28H31F2N3O. The van der Waals surface area contributed by atoms with Gasteiger partial charge < -0.3 is 14.6 Å². The molecule has 2 aliphatic heterocycles. The Balaban J connectivity index is 0.00000253. The van der Waals surface area contributed by atoms with E-state index in [0.29, 0.717) is 17.9 Å². The van der Waals surface area contributed by atoms with Crippen LogP contribution in [0.2, 0.25) is 0 Å². The maximum Gasteiger partial charge on any atom is 0.132 e. The summed E-state index contributed by atoms with van der Waals surface area (Å²) in [5.41, 5.74) is 8.52. The van der Waals surface area contributed by atoms with Crippen molar-refractivity contribution in [3.8, 4) is 5.75 Å². The van der Waals surface area contributed by atoms with Gasteiger partial charge in [0, 0.05) is 67.7 Å². The zero-order valence-corrected chi connectivity index (χ0v) is 19.4. The third-order valence-electron chi connectivity index (χ3n) is 7.44. The normalized spacial score (nSPS) is 22.3. The lowest BCUT2D eigenvalue weighted by Crippen LogP contribution is -2.49. The van der Waals surface area contributed by atoms with E-state index >= 15 is 4.39 Å². The summed E-state index contributed by atoms with van der Waals surface area (Å²) < 4.78 is 34.1. The molecule has 2 aromatic carbocycles. The number of rotatable bonds is 7. The Hall–Kier alpha value is -3.08. The maximum absolute atomic E-state index is 15.6. The van der Waals surface area contributed by atoms with E-state index in [9.17, 15) is 4.39 Å². The molecule has 0 spiro atoms. The van der Waals surface area contributed by atoms with Crippen molar-refractivity contribution in [2.75, 3.05) is 32.9 Å². The number of nitrogens with one attached hydrogen (secondary N) is 1. The number of ether oxygens (including phenoxy) is 1. The van der Waals surface area contributed by atoms with Gasteiger partial charge in [-0.05, 0) is 43.2 Å². The van der Waals surface area contributed by atoms with Gasteiger partial charge in [-0.2, -0.15) is 0 Å². The van der Waals surface area contributed by atoms with Crippen molar-refractivity contribution in [3.63, 3.8) is 0 Å². The molecular weight excluding hydrogens is 432 g/mol. The molecule has 1 aromatic heterocycles. The van der Waals surface area contributed by atoms with Crippen LogP contribution in [0, 0.1) is 11.7 Å². The van der Waals surface area contributed by atoms with Crippen molar-refractivity contribution >= 4 is 10.9 Å². The average molecular weight is 464 g/mol. The molecule has 0 amide bonds. The Labute approximate surface area is 200 Å². The monoisotopic (exact) mass is 463 g/mol. The van der Waals surface area contributed by atoms with E-state index in [1.165, 1.54) is 17.0 Å². The summed E-state index contributed by atoms with van der Waals surface area (Å²) in [7, 11) is 0. The van der Waals surface area contributed by atoms with Gasteiger partial charge in [0.2, 0.25) is 0 Å². The number of hydrogen-bond donors (Lipinski definition) is 1. The van der Waals surface area contributed by atoms with E-state index in [1.807, 2.05) is 24.3 Å². The van der Waals surface area contributed by atoms with Crippen molar-refractivity contribution in [3.05, 3.63) is 82.6 Å². The summed E-state index contributed by atoms with van der Waals surface area (Å²) >= 11 is 0. The van der Waals surface area contributed by atoms with Gasteiger partial charge in [0.15, 0.2) is 0 Å². The van der Waals surface area contributed by atoms with Crippen LogP contribution in [0.3, 0.4) is 0 Å². The van der Waals surface area contributed by atoms with E-state index < -0.39 is 0 Å². The molecule has 1 saturated heterocycles. The Kier molecular flexibility index (Phi) is 5.43. The van der Waals surface area contributed by atoms with E-state index in [0.717, 1.165) is 49.4 Å². The Morgan fingerprint density at radius 1 is 1.21 bits per heavy atom. The van der Waals surface area contributed by atoms with Gasteiger partial charge in [-0.3, -0.25) is 9.29 Å². The average Bonchev–Trinajstić information content (AvgIpc) is 3.13. The highest BCUT2D eigenvalue weighted by Gasteiger charge is 2.38. The van der Waals surface area contributed by atoms with Gasteiger partial charge in [-0.15, -0.1) is 5.73 Å². The summed E-state index contributed by atoms with van der Waals surface area (Å²) in [5, 5.41) is 1.22. The first-order chi connectivity index (χ1) is 16.6. The molecule has 3 heterocycles. The number of H-pyrrole nitrogens is 1. The topological polar surface area (TPSA) is 31.5 Å². The van der Waals surface area contributed by atoms with Crippen LogP contribution in [0.5, 0.6) is 5.75 Å². The Morgan fingerprint density at radius 2 is 2.03 bits per heavy atom. The first-order valence-corrected chi connectivity index (χ1v) is 12.1. The summed E-state index contributed by atoms with van der Waals surface area (Å²) in [6.45, 7) is 4.70. The second-order valence-corrected chi connectivity index (χ2v) is 9.74. The highest BCUT2D eigenvalue weighted by atomic mass is 19.1. The number of benzene rings is 2. The van der Waals surface area contributed by atoms with Crippen molar-refractivity contribution < 1.29 is 14.9 Å². The summed E-state index contributed by atoms with van der Waals surface area (Å²) in [4.78, 5) is 8.09. The molecule has 4 nitrogen and oxygen atoms in total. The summed E-state index contributed by atoms with van der Waals surface area (Å²) in [6.07, 6.45) is 3.80. The molecule has 1 fully saturated rings. The SMILES string of the molecule is C[C@@H]1Cc2c([nH]c3ccccc23)[C@@H](c2ccc(OCCN3CC(CF)C3)cc2F)N1C1=C=CC1.[HH]. The zero-order chi connectivity index (χ0) is 23.2. The molecule has 1 N–H and O–H groups in total. The summed E-state index contributed by atoms with van der Waals surface area (Å²) in [6, 6.07) is 13.5. The van der Waals surface area contributed by atoms with Gasteiger partial charge in [0.05, 0.1) is 18.4 Å². The lowest BCUT2D eigenvalue weighted by atomic mass is 9.87. The van der Waals surface area contributed by atoms with Crippen LogP contribution in [-0.2, 0) is 6.42 Å². The fraction of sp³-hybridized carbons (Fsp3) is 0.393. The predicted octanol–water partition coefficient (Wildman–Crippen LogP) is 5.61. The van der Waals surface area contributed by atoms with Crippen LogP contribution >= 0.6 is 0 Å². The largest absolute Gasteiger partial charge is 0.492 e. The van der Waals surface area contributed by atoms with Crippen LogP contribution in [0.25, 0.3) is 10.9 Å². The van der Waals surface area contributed by atoms with E-state index in [2.05, 4.69) is 45.6 Å². The van der Waals surface area contributed by atoms with Crippen molar-refractivity contribution in [1.29, 1.82) is 0 Å². The van der Waals surface area contributed by atoms with Crippen LogP contribution < -0.4 is 4.74 Å². The fourth-order valence-corrected chi connectivity index (χ4v) is 5.63. The van der Waals surface area contributed by atoms with E-state index in [-0.39, 0.29) is 31.9 Å². The van der Waals surface area contributed by atoms with Gasteiger partial charge >= 0.3 is 0 Å². The molecule has 2 atom stereocenters. The van der Waals surface area contributed by atoms with Crippen LogP contribution in [-0.4, -0.2) is 53.7 Å². The number of halogens is 2. The number of para-hydroxylation sites is 1. The van der Waals surface area contributed by atoms with E-state index in [1.54, 1.807) is 0 Å². The number of aromatic amines is 1. The number of fused-ring (bicyclic) bond motifs is 3. The number of likely N-dealkylation sites (tertiary alicyclic amines) is 1. The number of nitrogens with zero attached hydrogens (tertiary/aromatic N) is 2. The first kappa shape index (κ1) is 21.5. The van der Waals surface area contributed by atoms with Gasteiger partial charge in [0.25, 0.3) is 0 Å². The summed E-state index contributed by atoms with van der Waals surface area (Å²) in [5.74, 6) is 0.420. The second-order valence-electron chi connectivity index (χ2n) is 9.74. The third-order valence-corrected chi connectivity index (χ3v) is 7.44. The van der Waals surface area contributed by atoms with Gasteiger partial charge in [-0.1, -0.05) is 18.2 Å². The third kappa shape index (κ3) is 3.62. The Morgan fingerprint density at radius 3 is 2.76 bits per heavy atom. The van der Waals surface area contributed by atoms with Crippen LogP contribution in [0.1, 0.15) is 37.6 Å². The van der Waals surface area contributed by atoms with Crippen molar-refractivity contribution in [2.24, 2.45) is 5.92 Å². The molecule has 3 aliphatic rings. The number of hydrogen-bond acceptors (Lipinski definition) is 3. The zero-order valence-electron chi connectivity index (χ0n) is 19.4. The molecule has 34 heavy (non-hydrogen) atoms. The minimum absolute atomic E-state index is 0. The van der Waals surface area contributed by atoms with Crippen LogP contribution in [0.4, 0.5) is 8.78 Å². The molecule has 6 rings (SSSR count). The van der Waals surface area contributed by atoms with E-state index in [4.69, 9.17) is 4.74 Å². The quantitative estimate of drug-likeness (QED) is 0.462. The molecule has 1 aliphatic carbocycles. The number of aromatic nitrogens is 1. The molecule has 0 unspecified atom stereocenters. The lowest BCUT2D eigenvalue weighted by Gasteiger charge is -2.44. The lowest BCUT2D eigenvalue weighted by molar-refractivity contribution is 0.0668. The Bertz CT molecular complexity index is 1290. The first-order valence-electron chi connectivity index (χ1n) is 12.1. The molecule has 0 saturated carbocycles. The van der Waals surface area contributed by atoms with Crippen molar-refractivity contribution in [1.82, 2.24) is 14.8 Å². The minimum Gasteiger partial charge on any atom is -0.492 e. The standard InChI is InChI=1S/C28H29F2N3O.H2/c1-18-13-24-22-7-2-3-8-26(22)31-27(24)28(33(18)20-5-4-6-20)23-10-9-21(14-25(23)30)34-12-11-32-16-19(15-29)17-32;/h2-4,7-10,14,18-19,28,31H,5,11-13,15-17H2,1H3;1H/t18-,28-;/m1./s1. The van der Waals surface area contributed by atoms with Gasteiger partial charge in [0.1, 0.15) is 18.2 Å². The smallest absolute Gasteiger partial charge is 0.132 e. The molecule has 0 bridgehead atoms. The van der Waals surface area contributed by atoms with Gasteiger partial charge in [-0.25, -0.2) is 4.39 Å². The molecule has 0 radical (unpaired) electrons. The maximum atomic E-state index is 15.6. The molecule has 3 aromatic rings. The number of alkyl halides is 1. The molecule has 6 heteroatoms. The predicted molar refractivity (Wildman–Crippen MR) is 131 cm³/mol.